The number of hydrogen-bond acceptors (Lipinski definition) is 4. The van der Waals surface area contributed by atoms with Crippen LogP contribution in [0.5, 0.6) is 5.75 Å². The number of carbonyl (C=O) groups is 2. The van der Waals surface area contributed by atoms with Crippen LogP contribution in [0.1, 0.15) is 51.1 Å². The molecule has 2 amide bonds. The van der Waals surface area contributed by atoms with Gasteiger partial charge in [-0.2, -0.15) is 0 Å². The van der Waals surface area contributed by atoms with Gasteiger partial charge in [-0.25, -0.2) is 0 Å². The fourth-order valence-electron chi connectivity index (χ4n) is 5.81. The molecular formula is C23H33N3O3. The first-order valence-corrected chi connectivity index (χ1v) is 10.9. The molecule has 1 N–H and O–H groups in total. The normalized spacial score (nSPS) is 30.2. The van der Waals surface area contributed by atoms with E-state index in [0.717, 1.165) is 25.4 Å². The van der Waals surface area contributed by atoms with Crippen molar-refractivity contribution in [2.45, 2.75) is 57.7 Å². The van der Waals surface area contributed by atoms with Gasteiger partial charge in [0.15, 0.2) is 0 Å². The molecule has 29 heavy (non-hydrogen) atoms. The maximum Gasteiger partial charge on any atom is 0.244 e. The molecule has 0 radical (unpaired) electrons. The van der Waals surface area contributed by atoms with Gasteiger partial charge >= 0.3 is 0 Å². The summed E-state index contributed by atoms with van der Waals surface area (Å²) in [7, 11) is 1.71. The molecule has 5 atom stereocenters. The van der Waals surface area contributed by atoms with Gasteiger partial charge in [-0.1, -0.05) is 12.1 Å². The summed E-state index contributed by atoms with van der Waals surface area (Å²) in [5.74, 6) is 1.85. The van der Waals surface area contributed by atoms with E-state index in [1.54, 1.807) is 14.0 Å². The fourth-order valence-corrected chi connectivity index (χ4v) is 5.81. The van der Waals surface area contributed by atoms with Crippen molar-refractivity contribution in [1.29, 1.82) is 0 Å². The Labute approximate surface area is 173 Å². The Bertz CT molecular complexity index is 750. The molecule has 3 heterocycles. The second-order valence-corrected chi connectivity index (χ2v) is 9.01. The lowest BCUT2D eigenvalue weighted by Gasteiger charge is -2.55. The maximum absolute atomic E-state index is 12.9. The van der Waals surface area contributed by atoms with Gasteiger partial charge in [-0.05, 0) is 62.1 Å². The summed E-state index contributed by atoms with van der Waals surface area (Å²) in [5.41, 5.74) is 1.38. The summed E-state index contributed by atoms with van der Waals surface area (Å²) in [6.07, 6.45) is 4.86. The van der Waals surface area contributed by atoms with E-state index >= 15 is 0 Å². The SMILES string of the molecule is COc1ccc([C@H]2CCC[C@H]3[C@@H]4C[C@@H](CN(C(=O)[C@H](C)NC(C)=O)C4)CN23)cc1. The third kappa shape index (κ3) is 4.13. The minimum atomic E-state index is -0.444. The van der Waals surface area contributed by atoms with Crippen LogP contribution in [0, 0.1) is 11.8 Å². The molecule has 3 aliphatic heterocycles. The van der Waals surface area contributed by atoms with Crippen LogP contribution in [-0.2, 0) is 9.59 Å². The zero-order valence-corrected chi connectivity index (χ0v) is 17.8. The van der Waals surface area contributed by atoms with E-state index in [-0.39, 0.29) is 11.8 Å². The lowest BCUT2D eigenvalue weighted by molar-refractivity contribution is -0.142. The van der Waals surface area contributed by atoms with Crippen LogP contribution in [-0.4, -0.2) is 60.4 Å². The monoisotopic (exact) mass is 399 g/mol. The van der Waals surface area contributed by atoms with Crippen molar-refractivity contribution in [2.24, 2.45) is 11.8 Å². The Morgan fingerprint density at radius 2 is 1.90 bits per heavy atom. The van der Waals surface area contributed by atoms with E-state index in [0.29, 0.717) is 23.9 Å². The number of rotatable bonds is 4. The Morgan fingerprint density at radius 3 is 2.59 bits per heavy atom. The third-order valence-corrected chi connectivity index (χ3v) is 6.99. The molecule has 0 unspecified atom stereocenters. The first-order chi connectivity index (χ1) is 14.0. The second-order valence-electron chi connectivity index (χ2n) is 9.01. The molecule has 6 nitrogen and oxygen atoms in total. The van der Waals surface area contributed by atoms with Crippen molar-refractivity contribution in [2.75, 3.05) is 26.7 Å². The zero-order chi connectivity index (χ0) is 20.5. The average Bonchev–Trinajstić information content (AvgIpc) is 2.72. The number of likely N-dealkylation sites (tertiary alicyclic amines) is 1. The lowest BCUT2D eigenvalue weighted by Crippen LogP contribution is -2.61. The number of carbonyl (C=O) groups excluding carboxylic acids is 2. The second kappa shape index (κ2) is 8.34. The fraction of sp³-hybridized carbons (Fsp3) is 0.652. The van der Waals surface area contributed by atoms with Gasteiger partial charge in [0.25, 0.3) is 0 Å². The highest BCUT2D eigenvalue weighted by molar-refractivity contribution is 5.86. The molecular weight excluding hydrogens is 366 g/mol. The summed E-state index contributed by atoms with van der Waals surface area (Å²) in [4.78, 5) is 28.9. The third-order valence-electron chi connectivity index (χ3n) is 6.99. The van der Waals surface area contributed by atoms with E-state index in [4.69, 9.17) is 4.74 Å². The summed E-state index contributed by atoms with van der Waals surface area (Å²) in [6, 6.07) is 9.11. The molecule has 1 aromatic carbocycles. The van der Waals surface area contributed by atoms with Crippen LogP contribution in [0.4, 0.5) is 0 Å². The van der Waals surface area contributed by atoms with Crippen molar-refractivity contribution < 1.29 is 14.3 Å². The highest BCUT2D eigenvalue weighted by Gasteiger charge is 2.46. The summed E-state index contributed by atoms with van der Waals surface area (Å²) >= 11 is 0. The van der Waals surface area contributed by atoms with Gasteiger partial charge in [0.05, 0.1) is 7.11 Å². The van der Waals surface area contributed by atoms with E-state index in [2.05, 4.69) is 34.5 Å². The van der Waals surface area contributed by atoms with Gasteiger partial charge in [0, 0.05) is 38.6 Å². The quantitative estimate of drug-likeness (QED) is 0.845. The Morgan fingerprint density at radius 1 is 1.14 bits per heavy atom. The molecule has 0 spiro atoms. The molecule has 0 saturated carbocycles. The van der Waals surface area contributed by atoms with Gasteiger partial charge < -0.3 is 15.0 Å². The maximum atomic E-state index is 12.9. The number of fused-ring (bicyclic) bond motifs is 4. The molecule has 2 bridgehead atoms. The predicted molar refractivity (Wildman–Crippen MR) is 112 cm³/mol. The lowest BCUT2D eigenvalue weighted by atomic mass is 9.74. The van der Waals surface area contributed by atoms with Crippen LogP contribution in [0.25, 0.3) is 0 Å². The predicted octanol–water partition coefficient (Wildman–Crippen LogP) is 2.59. The largest absolute Gasteiger partial charge is 0.497 e. The van der Waals surface area contributed by atoms with Crippen molar-refractivity contribution in [3.63, 3.8) is 0 Å². The van der Waals surface area contributed by atoms with Gasteiger partial charge in [0.2, 0.25) is 11.8 Å². The standard InChI is InChI=1S/C23H33N3O3/c1-15(24-16(2)27)23(28)25-12-17-11-19(14-25)22-6-4-5-21(26(22)13-17)18-7-9-20(29-3)10-8-18/h7-10,15,17,19,21-22H,4-6,11-14H2,1-3H3,(H,24,27)/t15-,17-,19+,21+,22-/m0/s1. The smallest absolute Gasteiger partial charge is 0.244 e. The molecule has 3 fully saturated rings. The highest BCUT2D eigenvalue weighted by Crippen LogP contribution is 2.44. The van der Waals surface area contributed by atoms with Crippen LogP contribution in [0.3, 0.4) is 0 Å². The number of amides is 2. The molecule has 0 aliphatic carbocycles. The summed E-state index contributed by atoms with van der Waals surface area (Å²) in [6.45, 7) is 5.93. The van der Waals surface area contributed by atoms with E-state index in [1.807, 2.05) is 4.90 Å². The van der Waals surface area contributed by atoms with E-state index in [1.165, 1.54) is 38.2 Å². The zero-order valence-electron chi connectivity index (χ0n) is 17.8. The topological polar surface area (TPSA) is 61.9 Å². The molecule has 4 rings (SSSR count). The summed E-state index contributed by atoms with van der Waals surface area (Å²) < 4.78 is 5.32. The van der Waals surface area contributed by atoms with Crippen LogP contribution < -0.4 is 10.1 Å². The Kier molecular flexibility index (Phi) is 5.81. The number of piperidine rings is 3. The van der Waals surface area contributed by atoms with Crippen LogP contribution in [0.15, 0.2) is 24.3 Å². The molecule has 1 aromatic rings. The molecule has 158 valence electrons. The number of hydrogen-bond donors (Lipinski definition) is 1. The van der Waals surface area contributed by atoms with Crippen molar-refractivity contribution in [1.82, 2.24) is 15.1 Å². The molecule has 3 aliphatic rings. The number of nitrogens with zero attached hydrogens (tertiary/aromatic N) is 2. The van der Waals surface area contributed by atoms with Gasteiger partial charge in [-0.15, -0.1) is 0 Å². The Balaban J connectivity index is 1.48. The molecule has 3 saturated heterocycles. The molecule has 0 aromatic heterocycles. The number of benzene rings is 1. The van der Waals surface area contributed by atoms with Crippen molar-refractivity contribution >= 4 is 11.8 Å². The first-order valence-electron chi connectivity index (χ1n) is 10.9. The van der Waals surface area contributed by atoms with Gasteiger partial charge in [0.1, 0.15) is 11.8 Å². The number of nitrogens with one attached hydrogen (secondary N) is 1. The first kappa shape index (κ1) is 20.2. The minimum Gasteiger partial charge on any atom is -0.497 e. The van der Waals surface area contributed by atoms with Crippen molar-refractivity contribution in [3.05, 3.63) is 29.8 Å². The summed E-state index contributed by atoms with van der Waals surface area (Å²) in [5, 5.41) is 2.75. The van der Waals surface area contributed by atoms with E-state index in [9.17, 15) is 9.59 Å². The highest BCUT2D eigenvalue weighted by atomic mass is 16.5. The Hall–Kier alpha value is -2.08. The molecule has 6 heteroatoms. The van der Waals surface area contributed by atoms with Gasteiger partial charge in [-0.3, -0.25) is 14.5 Å². The number of ether oxygens (including phenoxy) is 1. The van der Waals surface area contributed by atoms with Crippen LogP contribution in [0.2, 0.25) is 0 Å². The minimum absolute atomic E-state index is 0.0610. The van der Waals surface area contributed by atoms with Crippen molar-refractivity contribution in [3.8, 4) is 5.75 Å². The van der Waals surface area contributed by atoms with Crippen LogP contribution >= 0.6 is 0 Å². The average molecular weight is 400 g/mol. The number of methoxy groups -OCH3 is 1. The van der Waals surface area contributed by atoms with E-state index < -0.39 is 6.04 Å².